The summed E-state index contributed by atoms with van der Waals surface area (Å²) in [5.41, 5.74) is 1.94. The number of likely N-dealkylation sites (N-methyl/N-ethyl adjacent to an activating group) is 1. The molecule has 3 N–H and O–H groups in total. The van der Waals surface area contributed by atoms with Gasteiger partial charge in [-0.05, 0) is 69.5 Å². The minimum Gasteiger partial charge on any atom is -0.508 e. The van der Waals surface area contributed by atoms with Gasteiger partial charge in [0, 0.05) is 24.0 Å². The maximum atomic E-state index is 11.0. The Morgan fingerprint density at radius 2 is 1.89 bits per heavy atom. The Morgan fingerprint density at radius 3 is 2.56 bits per heavy atom. The maximum Gasteiger partial charge on any atom is 0.115 e. The van der Waals surface area contributed by atoms with E-state index in [9.17, 15) is 10.2 Å². The number of hydrogen-bond acceptors (Lipinski definition) is 4. The van der Waals surface area contributed by atoms with Gasteiger partial charge >= 0.3 is 0 Å². The van der Waals surface area contributed by atoms with Crippen molar-refractivity contribution < 1.29 is 10.2 Å². The van der Waals surface area contributed by atoms with E-state index in [2.05, 4.69) is 44.1 Å². The van der Waals surface area contributed by atoms with Gasteiger partial charge in [-0.2, -0.15) is 0 Å². The summed E-state index contributed by atoms with van der Waals surface area (Å²) in [5.74, 6) is 0.347. The predicted octanol–water partition coefficient (Wildman–Crippen LogP) is 3.59. The van der Waals surface area contributed by atoms with Crippen molar-refractivity contribution in [3.63, 3.8) is 0 Å². The monoisotopic (exact) mass is 374 g/mol. The number of nitrogens with zero attached hydrogens (tertiary/aromatic N) is 1. The van der Waals surface area contributed by atoms with Crippen LogP contribution in [0.1, 0.15) is 70.4 Å². The Balaban J connectivity index is 1.90. The molecule has 3 atom stereocenters. The summed E-state index contributed by atoms with van der Waals surface area (Å²) in [6, 6.07) is 6.44. The van der Waals surface area contributed by atoms with E-state index < -0.39 is 5.60 Å². The highest BCUT2D eigenvalue weighted by molar-refractivity contribution is 5.42. The van der Waals surface area contributed by atoms with Crippen LogP contribution in [0.3, 0.4) is 0 Å². The molecule has 0 radical (unpaired) electrons. The average Bonchev–Trinajstić information content (AvgIpc) is 2.65. The lowest BCUT2D eigenvalue weighted by molar-refractivity contribution is -0.00819. The highest BCUT2D eigenvalue weighted by Gasteiger charge is 2.45. The highest BCUT2D eigenvalue weighted by Crippen LogP contribution is 2.41. The first-order valence-electron chi connectivity index (χ1n) is 10.8. The fraction of sp³-hybridized carbons (Fsp3) is 0.739. The summed E-state index contributed by atoms with van der Waals surface area (Å²) >= 11 is 0. The molecule has 3 rings (SSSR count). The smallest absolute Gasteiger partial charge is 0.115 e. The van der Waals surface area contributed by atoms with Gasteiger partial charge in [0.1, 0.15) is 5.75 Å². The molecule has 1 saturated carbocycles. The van der Waals surface area contributed by atoms with E-state index in [1.807, 2.05) is 6.07 Å². The van der Waals surface area contributed by atoms with Crippen LogP contribution in [0.15, 0.2) is 18.2 Å². The van der Waals surface area contributed by atoms with Crippen LogP contribution in [0, 0.1) is 0 Å². The number of hydrogen-bond donors (Lipinski definition) is 3. The molecule has 1 aliphatic heterocycles. The zero-order valence-corrected chi connectivity index (χ0v) is 17.6. The van der Waals surface area contributed by atoms with Gasteiger partial charge in [-0.3, -0.25) is 0 Å². The SMILES string of the molecule is CCc1ccc(O)cc1[C@@]1(C)CCN(C)C(C)C1NCC1(O)CCCCC1. The minimum absolute atomic E-state index is 0.0684. The van der Waals surface area contributed by atoms with Gasteiger partial charge in [0.15, 0.2) is 0 Å². The van der Waals surface area contributed by atoms with E-state index in [-0.39, 0.29) is 11.5 Å². The first-order valence-corrected chi connectivity index (χ1v) is 10.8. The van der Waals surface area contributed by atoms with Crippen molar-refractivity contribution in [1.29, 1.82) is 0 Å². The summed E-state index contributed by atoms with van der Waals surface area (Å²) in [6.45, 7) is 8.51. The first-order chi connectivity index (χ1) is 12.8. The van der Waals surface area contributed by atoms with Crippen molar-refractivity contribution >= 4 is 0 Å². The summed E-state index contributed by atoms with van der Waals surface area (Å²) in [6.07, 6.45) is 7.31. The van der Waals surface area contributed by atoms with Gasteiger partial charge in [0.2, 0.25) is 0 Å². The van der Waals surface area contributed by atoms with Crippen molar-refractivity contribution in [1.82, 2.24) is 10.2 Å². The molecule has 4 nitrogen and oxygen atoms in total. The van der Waals surface area contributed by atoms with Crippen LogP contribution in [0.25, 0.3) is 0 Å². The summed E-state index contributed by atoms with van der Waals surface area (Å²) in [4.78, 5) is 2.42. The van der Waals surface area contributed by atoms with E-state index in [1.54, 1.807) is 6.07 Å². The molecular weight excluding hydrogens is 336 g/mol. The summed E-state index contributed by atoms with van der Waals surface area (Å²) in [7, 11) is 2.19. The summed E-state index contributed by atoms with van der Waals surface area (Å²) < 4.78 is 0. The molecule has 1 aliphatic carbocycles. The number of aliphatic hydroxyl groups is 1. The van der Waals surface area contributed by atoms with Gasteiger partial charge < -0.3 is 20.4 Å². The minimum atomic E-state index is -0.568. The molecule has 2 fully saturated rings. The van der Waals surface area contributed by atoms with Gasteiger partial charge in [-0.25, -0.2) is 0 Å². The van der Waals surface area contributed by atoms with Gasteiger partial charge in [-0.1, -0.05) is 39.2 Å². The second kappa shape index (κ2) is 8.10. The Labute approximate surface area is 165 Å². The Bertz CT molecular complexity index is 641. The number of aryl methyl sites for hydroxylation is 1. The average molecular weight is 375 g/mol. The third kappa shape index (κ3) is 4.18. The van der Waals surface area contributed by atoms with Crippen molar-refractivity contribution in [2.75, 3.05) is 20.1 Å². The lowest BCUT2D eigenvalue weighted by atomic mass is 9.66. The molecule has 27 heavy (non-hydrogen) atoms. The normalized spacial score (nSPS) is 31.7. The number of rotatable bonds is 5. The van der Waals surface area contributed by atoms with Crippen LogP contribution in [-0.4, -0.2) is 52.9 Å². The van der Waals surface area contributed by atoms with Crippen LogP contribution in [0.4, 0.5) is 0 Å². The van der Waals surface area contributed by atoms with E-state index in [0.29, 0.717) is 18.3 Å². The quantitative estimate of drug-likeness (QED) is 0.737. The fourth-order valence-electron chi connectivity index (χ4n) is 5.34. The van der Waals surface area contributed by atoms with Crippen LogP contribution >= 0.6 is 0 Å². The van der Waals surface area contributed by atoms with Gasteiger partial charge in [0.25, 0.3) is 0 Å². The molecule has 0 spiro atoms. The first kappa shape index (κ1) is 20.6. The number of piperidine rings is 1. The molecule has 2 aliphatic rings. The second-order valence-corrected chi connectivity index (χ2v) is 9.23. The van der Waals surface area contributed by atoms with E-state index in [4.69, 9.17) is 0 Å². The van der Waals surface area contributed by atoms with Crippen molar-refractivity contribution in [2.24, 2.45) is 0 Å². The highest BCUT2D eigenvalue weighted by atomic mass is 16.3. The lowest BCUT2D eigenvalue weighted by Gasteiger charge is -2.51. The van der Waals surface area contributed by atoms with E-state index in [1.165, 1.54) is 17.5 Å². The van der Waals surface area contributed by atoms with Gasteiger partial charge in [0.05, 0.1) is 5.60 Å². The van der Waals surface area contributed by atoms with Gasteiger partial charge in [-0.15, -0.1) is 0 Å². The lowest BCUT2D eigenvalue weighted by Crippen LogP contribution is -2.64. The molecule has 0 amide bonds. The summed E-state index contributed by atoms with van der Waals surface area (Å²) in [5, 5.41) is 25.0. The maximum absolute atomic E-state index is 11.0. The zero-order chi connectivity index (χ0) is 19.7. The number of nitrogens with one attached hydrogen (secondary N) is 1. The number of phenols is 1. The standard InChI is InChI=1S/C23H38N2O2/c1-5-18-9-10-19(26)15-20(18)22(3)13-14-25(4)17(2)21(22)24-16-23(27)11-7-6-8-12-23/h9-10,15,17,21,24,26-27H,5-8,11-14,16H2,1-4H3/t17?,21?,22-/m1/s1. The molecule has 2 unspecified atom stereocenters. The number of aromatic hydroxyl groups is 1. The Hall–Kier alpha value is -1.10. The molecule has 0 aromatic heterocycles. The molecule has 1 heterocycles. The topological polar surface area (TPSA) is 55.7 Å². The molecule has 0 bridgehead atoms. The Kier molecular flexibility index (Phi) is 6.19. The van der Waals surface area contributed by atoms with E-state index >= 15 is 0 Å². The predicted molar refractivity (Wildman–Crippen MR) is 111 cm³/mol. The van der Waals surface area contributed by atoms with Crippen molar-refractivity contribution in [2.45, 2.75) is 88.8 Å². The molecule has 1 saturated heterocycles. The van der Waals surface area contributed by atoms with Crippen LogP contribution < -0.4 is 5.32 Å². The molecule has 1 aromatic carbocycles. The third-order valence-corrected chi connectivity index (χ3v) is 7.37. The van der Waals surface area contributed by atoms with Crippen LogP contribution in [0.5, 0.6) is 5.75 Å². The van der Waals surface area contributed by atoms with Crippen molar-refractivity contribution in [3.8, 4) is 5.75 Å². The second-order valence-electron chi connectivity index (χ2n) is 9.23. The molecule has 4 heteroatoms. The van der Waals surface area contributed by atoms with Crippen LogP contribution in [-0.2, 0) is 11.8 Å². The van der Waals surface area contributed by atoms with Crippen LogP contribution in [0.2, 0.25) is 0 Å². The van der Waals surface area contributed by atoms with Crippen molar-refractivity contribution in [3.05, 3.63) is 29.3 Å². The third-order valence-electron chi connectivity index (χ3n) is 7.37. The Morgan fingerprint density at radius 1 is 1.19 bits per heavy atom. The number of phenolic OH excluding ortho intramolecular Hbond substituents is 1. The molecule has 152 valence electrons. The number of benzene rings is 1. The zero-order valence-electron chi connectivity index (χ0n) is 17.6. The molecule has 1 aromatic rings. The molecular formula is C23H38N2O2. The fourth-order valence-corrected chi connectivity index (χ4v) is 5.34. The largest absolute Gasteiger partial charge is 0.508 e. The van der Waals surface area contributed by atoms with E-state index in [0.717, 1.165) is 45.1 Å². The number of likely N-dealkylation sites (tertiary alicyclic amines) is 1.